The maximum Gasteiger partial charge on any atom is 0.259 e. The summed E-state index contributed by atoms with van der Waals surface area (Å²) in [5.41, 5.74) is 4.93. The molecule has 9 heteroatoms. The standard InChI is InChI=1S/C22H19ClFN3O4/c23-13-4-6-15(7-5-13)29-9-17-26-20(31-27-17)22-10-21(11-22,12-22)18(19(25)28)30-16-3-1-2-14(24)8-16/h1-8,18H,9-12H2,(H2,25,28). The quantitative estimate of drug-likeness (QED) is 0.568. The molecule has 0 aliphatic heterocycles. The van der Waals surface area contributed by atoms with Crippen LogP contribution in [-0.4, -0.2) is 22.2 Å². The zero-order valence-corrected chi connectivity index (χ0v) is 17.1. The highest BCUT2D eigenvalue weighted by Crippen LogP contribution is 2.75. The van der Waals surface area contributed by atoms with E-state index in [1.165, 1.54) is 18.2 Å². The van der Waals surface area contributed by atoms with E-state index >= 15 is 0 Å². The first-order valence-electron chi connectivity index (χ1n) is 9.81. The van der Waals surface area contributed by atoms with E-state index in [2.05, 4.69) is 10.1 Å². The predicted molar refractivity (Wildman–Crippen MR) is 108 cm³/mol. The van der Waals surface area contributed by atoms with Gasteiger partial charge in [0, 0.05) is 16.5 Å². The number of ether oxygens (including phenoxy) is 2. The van der Waals surface area contributed by atoms with Crippen LogP contribution >= 0.6 is 11.6 Å². The number of hydrogen-bond acceptors (Lipinski definition) is 6. The second-order valence-electron chi connectivity index (χ2n) is 8.29. The van der Waals surface area contributed by atoms with Gasteiger partial charge < -0.3 is 19.7 Å². The number of carbonyl (C=O) groups is 1. The number of benzene rings is 2. The summed E-state index contributed by atoms with van der Waals surface area (Å²) in [4.78, 5) is 16.5. The molecule has 3 saturated carbocycles. The molecule has 1 amide bonds. The first-order chi connectivity index (χ1) is 14.9. The van der Waals surface area contributed by atoms with Gasteiger partial charge >= 0.3 is 0 Å². The summed E-state index contributed by atoms with van der Waals surface area (Å²) >= 11 is 5.86. The summed E-state index contributed by atoms with van der Waals surface area (Å²) in [5, 5.41) is 4.63. The molecule has 0 radical (unpaired) electrons. The normalized spacial score (nSPS) is 24.6. The minimum absolute atomic E-state index is 0.166. The zero-order valence-electron chi connectivity index (χ0n) is 16.4. The molecule has 2 bridgehead atoms. The van der Waals surface area contributed by atoms with E-state index in [9.17, 15) is 9.18 Å². The van der Waals surface area contributed by atoms with Crippen LogP contribution in [0.15, 0.2) is 53.1 Å². The van der Waals surface area contributed by atoms with Crippen LogP contribution < -0.4 is 15.2 Å². The molecule has 1 heterocycles. The van der Waals surface area contributed by atoms with Crippen LogP contribution in [-0.2, 0) is 16.8 Å². The fourth-order valence-electron chi connectivity index (χ4n) is 4.74. The Morgan fingerprint density at radius 1 is 1.19 bits per heavy atom. The van der Waals surface area contributed by atoms with E-state index < -0.39 is 23.2 Å². The molecule has 160 valence electrons. The van der Waals surface area contributed by atoms with Gasteiger partial charge in [0.1, 0.15) is 17.3 Å². The fourth-order valence-corrected chi connectivity index (χ4v) is 4.87. The van der Waals surface area contributed by atoms with Crippen molar-refractivity contribution in [3.05, 3.63) is 71.1 Å². The summed E-state index contributed by atoms with van der Waals surface area (Å²) in [6, 6.07) is 12.7. The summed E-state index contributed by atoms with van der Waals surface area (Å²) in [7, 11) is 0. The molecule has 0 spiro atoms. The maximum absolute atomic E-state index is 13.5. The van der Waals surface area contributed by atoms with Crippen LogP contribution in [0.5, 0.6) is 11.5 Å². The Hall–Kier alpha value is -3.13. The highest BCUT2D eigenvalue weighted by atomic mass is 35.5. The molecule has 3 fully saturated rings. The molecule has 1 atom stereocenters. The molecular formula is C22H19ClFN3O4. The van der Waals surface area contributed by atoms with E-state index in [-0.39, 0.29) is 17.8 Å². The SMILES string of the molecule is NC(=O)C(Oc1cccc(F)c1)C12CC(c3nc(COc4ccc(Cl)cc4)no3)(C1)C2. The lowest BCUT2D eigenvalue weighted by atomic mass is 9.33. The molecule has 3 aliphatic carbocycles. The van der Waals surface area contributed by atoms with Gasteiger partial charge in [-0.2, -0.15) is 4.98 Å². The maximum atomic E-state index is 13.5. The van der Waals surface area contributed by atoms with Crippen molar-refractivity contribution in [2.24, 2.45) is 11.1 Å². The summed E-state index contributed by atoms with van der Waals surface area (Å²) in [6.45, 7) is 0.166. The van der Waals surface area contributed by atoms with Crippen molar-refractivity contribution < 1.29 is 23.2 Å². The van der Waals surface area contributed by atoms with Crippen LogP contribution in [0.4, 0.5) is 4.39 Å². The minimum Gasteiger partial charge on any atom is -0.485 e. The number of amides is 1. The number of halogens is 2. The zero-order chi connectivity index (χ0) is 21.6. The Labute approximate surface area is 182 Å². The highest BCUT2D eigenvalue weighted by Gasteiger charge is 2.75. The average Bonchev–Trinajstić information content (AvgIpc) is 3.13. The number of nitrogens with zero attached hydrogens (tertiary/aromatic N) is 2. The summed E-state index contributed by atoms with van der Waals surface area (Å²) in [5.74, 6) is 0.888. The molecule has 2 N–H and O–H groups in total. The van der Waals surface area contributed by atoms with Crippen LogP contribution in [0.25, 0.3) is 0 Å². The van der Waals surface area contributed by atoms with Gasteiger partial charge in [0.05, 0.1) is 5.41 Å². The second kappa shape index (κ2) is 7.23. The van der Waals surface area contributed by atoms with Crippen molar-refractivity contribution in [3.63, 3.8) is 0 Å². The topological polar surface area (TPSA) is 100 Å². The van der Waals surface area contributed by atoms with Crippen molar-refractivity contribution in [2.45, 2.75) is 37.4 Å². The lowest BCUT2D eigenvalue weighted by molar-refractivity contribution is -0.208. The number of carbonyl (C=O) groups excluding carboxylic acids is 1. The van der Waals surface area contributed by atoms with Crippen LogP contribution in [0.1, 0.15) is 31.0 Å². The first kappa shape index (κ1) is 19.8. The van der Waals surface area contributed by atoms with Gasteiger partial charge in [0.2, 0.25) is 11.7 Å². The Kier molecular flexibility index (Phi) is 4.62. The van der Waals surface area contributed by atoms with Gasteiger partial charge in [-0.1, -0.05) is 22.8 Å². The predicted octanol–water partition coefficient (Wildman–Crippen LogP) is 3.80. The molecule has 1 unspecified atom stereocenters. The number of hydrogen-bond donors (Lipinski definition) is 1. The lowest BCUT2D eigenvalue weighted by Crippen LogP contribution is -2.72. The van der Waals surface area contributed by atoms with Crippen molar-refractivity contribution in [3.8, 4) is 11.5 Å². The van der Waals surface area contributed by atoms with E-state index in [1.807, 2.05) is 0 Å². The lowest BCUT2D eigenvalue weighted by Gasteiger charge is -2.69. The molecule has 31 heavy (non-hydrogen) atoms. The largest absolute Gasteiger partial charge is 0.485 e. The molecular weight excluding hydrogens is 425 g/mol. The van der Waals surface area contributed by atoms with Crippen molar-refractivity contribution in [2.75, 3.05) is 0 Å². The van der Waals surface area contributed by atoms with E-state index in [1.54, 1.807) is 30.3 Å². The Balaban J connectivity index is 1.22. The molecule has 7 nitrogen and oxygen atoms in total. The fraction of sp³-hybridized carbons (Fsp3) is 0.318. The highest BCUT2D eigenvalue weighted by molar-refractivity contribution is 6.30. The third-order valence-electron chi connectivity index (χ3n) is 6.04. The smallest absolute Gasteiger partial charge is 0.259 e. The number of nitrogens with two attached hydrogens (primary N) is 1. The van der Waals surface area contributed by atoms with Crippen molar-refractivity contribution in [1.82, 2.24) is 10.1 Å². The minimum atomic E-state index is -0.841. The molecule has 3 aliphatic rings. The van der Waals surface area contributed by atoms with Gasteiger partial charge in [-0.05, 0) is 55.7 Å². The molecule has 3 aromatic rings. The van der Waals surface area contributed by atoms with Crippen molar-refractivity contribution in [1.29, 1.82) is 0 Å². The van der Waals surface area contributed by atoms with E-state index in [0.717, 1.165) is 0 Å². The molecule has 0 saturated heterocycles. The van der Waals surface area contributed by atoms with E-state index in [4.69, 9.17) is 31.3 Å². The summed E-state index contributed by atoms with van der Waals surface area (Å²) in [6.07, 6.45) is 1.08. The number of primary amides is 1. The Morgan fingerprint density at radius 2 is 1.94 bits per heavy atom. The van der Waals surface area contributed by atoms with E-state index in [0.29, 0.717) is 41.7 Å². The second-order valence-corrected chi connectivity index (χ2v) is 8.73. The van der Waals surface area contributed by atoms with Crippen LogP contribution in [0.3, 0.4) is 0 Å². The monoisotopic (exact) mass is 443 g/mol. The molecule has 2 aromatic carbocycles. The summed E-state index contributed by atoms with van der Waals surface area (Å²) < 4.78 is 30.3. The van der Waals surface area contributed by atoms with Crippen LogP contribution in [0, 0.1) is 11.2 Å². The number of rotatable bonds is 8. The molecule has 1 aromatic heterocycles. The van der Waals surface area contributed by atoms with Crippen molar-refractivity contribution >= 4 is 17.5 Å². The van der Waals surface area contributed by atoms with Gasteiger partial charge in [0.15, 0.2) is 12.7 Å². The first-order valence-corrected chi connectivity index (χ1v) is 10.2. The average molecular weight is 444 g/mol. The van der Waals surface area contributed by atoms with Gasteiger partial charge in [-0.3, -0.25) is 4.79 Å². The van der Waals surface area contributed by atoms with Gasteiger partial charge in [-0.15, -0.1) is 0 Å². The Morgan fingerprint density at radius 3 is 2.61 bits per heavy atom. The molecule has 6 rings (SSSR count). The number of aromatic nitrogens is 2. The third-order valence-corrected chi connectivity index (χ3v) is 6.29. The van der Waals surface area contributed by atoms with Gasteiger partial charge in [0.25, 0.3) is 5.91 Å². The van der Waals surface area contributed by atoms with Gasteiger partial charge in [-0.25, -0.2) is 4.39 Å². The van der Waals surface area contributed by atoms with Crippen LogP contribution in [0.2, 0.25) is 5.02 Å². The third kappa shape index (κ3) is 3.50. The Bertz CT molecular complexity index is 1110.